The Morgan fingerprint density at radius 3 is 2.16 bits per heavy atom. The van der Waals surface area contributed by atoms with Gasteiger partial charge in [0, 0.05) is 13.4 Å². The van der Waals surface area contributed by atoms with Gasteiger partial charge in [-0.3, -0.25) is 4.79 Å². The zero-order valence-corrected chi connectivity index (χ0v) is 16.7. The van der Waals surface area contributed by atoms with Crippen LogP contribution in [0.15, 0.2) is 35.4 Å². The summed E-state index contributed by atoms with van der Waals surface area (Å²) >= 11 is 15.1. The van der Waals surface area contributed by atoms with E-state index in [1.165, 1.54) is 11.3 Å². The lowest BCUT2D eigenvalue weighted by atomic mass is 10.3. The molecule has 1 aromatic carbocycles. The molecule has 1 aromatic heterocycles. The highest BCUT2D eigenvalue weighted by atomic mass is 79.9. The third-order valence-electron chi connectivity index (χ3n) is 2.33. The summed E-state index contributed by atoms with van der Waals surface area (Å²) in [6.07, 6.45) is 0. The Morgan fingerprint density at radius 2 is 1.68 bits per heavy atom. The number of carbonyl (C=O) groups is 1. The summed E-state index contributed by atoms with van der Waals surface area (Å²) in [5, 5.41) is 2.90. The fourth-order valence-corrected chi connectivity index (χ4v) is 5.30. The Kier molecular flexibility index (Phi) is 5.28. The normalized spacial score (nSPS) is 10.6. The van der Waals surface area contributed by atoms with Gasteiger partial charge >= 0.3 is 0 Å². The van der Waals surface area contributed by atoms with Gasteiger partial charge in [0.05, 0.1) is 14.4 Å². The molecule has 19 heavy (non-hydrogen) atoms. The van der Waals surface area contributed by atoms with Gasteiger partial charge in [-0.1, -0.05) is 15.9 Å². The molecule has 1 amide bonds. The van der Waals surface area contributed by atoms with Crippen LogP contribution in [0.4, 0.5) is 5.69 Å². The zero-order valence-electron chi connectivity index (χ0n) is 9.56. The third kappa shape index (κ3) is 3.69. The molecule has 0 saturated heterocycles. The molecule has 1 N–H and O–H groups in total. The fraction of sp³-hybridized carbons (Fsp3) is 0.0833. The number of carbonyl (C=O) groups excluding carboxylic acids is 1. The van der Waals surface area contributed by atoms with Crippen LogP contribution in [0.3, 0.4) is 0 Å². The Balaban J connectivity index is 2.29. The van der Waals surface area contributed by atoms with E-state index < -0.39 is 0 Å². The molecule has 0 unspecified atom stereocenters. The van der Waals surface area contributed by atoms with Crippen molar-refractivity contribution in [1.82, 2.24) is 0 Å². The molecule has 0 atom stereocenters. The second kappa shape index (κ2) is 6.39. The van der Waals surface area contributed by atoms with Gasteiger partial charge in [-0.2, -0.15) is 0 Å². The van der Waals surface area contributed by atoms with Crippen molar-refractivity contribution in [3.05, 3.63) is 45.8 Å². The molecule has 2 rings (SSSR count). The van der Waals surface area contributed by atoms with Gasteiger partial charge in [0.2, 0.25) is 0 Å². The molecule has 100 valence electrons. The molecular weight excluding hydrogens is 526 g/mol. The van der Waals surface area contributed by atoms with E-state index in [9.17, 15) is 4.79 Å². The van der Waals surface area contributed by atoms with E-state index in [0.717, 1.165) is 28.5 Å². The number of hydrogen-bond acceptors (Lipinski definition) is 2. The molecule has 1 heterocycles. The first-order valence-electron chi connectivity index (χ1n) is 5.10. The Morgan fingerprint density at radius 1 is 1.11 bits per heavy atom. The van der Waals surface area contributed by atoms with Crippen molar-refractivity contribution in [2.24, 2.45) is 0 Å². The first-order chi connectivity index (χ1) is 8.88. The van der Waals surface area contributed by atoms with Crippen LogP contribution < -0.4 is 5.32 Å². The van der Waals surface area contributed by atoms with Gasteiger partial charge in [0.15, 0.2) is 0 Å². The van der Waals surface area contributed by atoms with Gasteiger partial charge in [0.25, 0.3) is 5.91 Å². The maximum atomic E-state index is 12.2. The van der Waals surface area contributed by atoms with Crippen molar-refractivity contribution < 1.29 is 4.79 Å². The standard InChI is InChI=1S/C12H7Br4NOS/c1-5-2-9(19-11(5)16)12(18)17-10-7(14)3-6(13)4-8(10)15/h2-4H,1H3,(H,17,18). The Bertz CT molecular complexity index is 611. The molecule has 0 fully saturated rings. The van der Waals surface area contributed by atoms with Crippen molar-refractivity contribution >= 4 is 86.7 Å². The summed E-state index contributed by atoms with van der Waals surface area (Å²) in [6.45, 7) is 1.96. The van der Waals surface area contributed by atoms with Gasteiger partial charge in [-0.15, -0.1) is 11.3 Å². The topological polar surface area (TPSA) is 29.1 Å². The lowest BCUT2D eigenvalue weighted by Crippen LogP contribution is -2.11. The molecule has 0 aliphatic carbocycles. The number of benzene rings is 1. The molecule has 2 aromatic rings. The SMILES string of the molecule is Cc1cc(C(=O)Nc2c(Br)cc(Br)cc2Br)sc1Br. The number of aryl methyl sites for hydroxylation is 1. The maximum Gasteiger partial charge on any atom is 0.265 e. The van der Waals surface area contributed by atoms with E-state index in [4.69, 9.17) is 0 Å². The van der Waals surface area contributed by atoms with Crippen LogP contribution in [0.25, 0.3) is 0 Å². The average Bonchev–Trinajstić information content (AvgIpc) is 2.64. The highest BCUT2D eigenvalue weighted by Crippen LogP contribution is 2.35. The van der Waals surface area contributed by atoms with Crippen LogP contribution >= 0.6 is 75.1 Å². The Hall–Kier alpha value is 0.310. The molecule has 0 saturated carbocycles. The lowest BCUT2D eigenvalue weighted by Gasteiger charge is -2.09. The van der Waals surface area contributed by atoms with E-state index in [1.54, 1.807) is 0 Å². The average molecular weight is 533 g/mol. The fourth-order valence-electron chi connectivity index (χ4n) is 1.41. The highest BCUT2D eigenvalue weighted by molar-refractivity contribution is 9.12. The summed E-state index contributed by atoms with van der Waals surface area (Å²) in [6, 6.07) is 5.64. The Labute approximate surface area is 148 Å². The zero-order chi connectivity index (χ0) is 14.2. The first-order valence-corrected chi connectivity index (χ1v) is 9.09. The molecule has 0 spiro atoms. The van der Waals surface area contributed by atoms with E-state index in [0.29, 0.717) is 4.88 Å². The number of halogens is 4. The second-order valence-electron chi connectivity index (χ2n) is 3.77. The molecule has 0 bridgehead atoms. The van der Waals surface area contributed by atoms with Gasteiger partial charge in [-0.05, 0) is 78.5 Å². The molecule has 2 nitrogen and oxygen atoms in total. The third-order valence-corrected chi connectivity index (χ3v) is 6.17. The van der Waals surface area contributed by atoms with Crippen molar-refractivity contribution in [2.75, 3.05) is 5.32 Å². The van der Waals surface area contributed by atoms with Crippen LogP contribution in [0.1, 0.15) is 15.2 Å². The minimum Gasteiger partial charge on any atom is -0.319 e. The van der Waals surface area contributed by atoms with Crippen molar-refractivity contribution in [1.29, 1.82) is 0 Å². The molecular formula is C12H7Br4NOS. The van der Waals surface area contributed by atoms with Crippen molar-refractivity contribution in [3.8, 4) is 0 Å². The minimum absolute atomic E-state index is 0.123. The van der Waals surface area contributed by atoms with E-state index in [2.05, 4.69) is 69.0 Å². The van der Waals surface area contributed by atoms with Crippen LogP contribution in [-0.2, 0) is 0 Å². The minimum atomic E-state index is -0.123. The lowest BCUT2D eigenvalue weighted by molar-refractivity contribution is 0.103. The number of amides is 1. The maximum absolute atomic E-state index is 12.2. The highest BCUT2D eigenvalue weighted by Gasteiger charge is 2.15. The molecule has 0 aliphatic heterocycles. The van der Waals surface area contributed by atoms with Crippen LogP contribution in [0.5, 0.6) is 0 Å². The van der Waals surface area contributed by atoms with Crippen LogP contribution in [-0.4, -0.2) is 5.91 Å². The summed E-state index contributed by atoms with van der Waals surface area (Å²) in [4.78, 5) is 12.9. The van der Waals surface area contributed by atoms with Gasteiger partial charge < -0.3 is 5.32 Å². The van der Waals surface area contributed by atoms with Gasteiger partial charge in [-0.25, -0.2) is 0 Å². The number of thiophene rings is 1. The number of rotatable bonds is 2. The number of hydrogen-bond donors (Lipinski definition) is 1. The molecule has 0 aliphatic rings. The number of anilines is 1. The van der Waals surface area contributed by atoms with Crippen LogP contribution in [0.2, 0.25) is 0 Å². The van der Waals surface area contributed by atoms with Crippen LogP contribution in [0, 0.1) is 6.92 Å². The summed E-state index contributed by atoms with van der Waals surface area (Å²) in [5.74, 6) is -0.123. The monoisotopic (exact) mass is 529 g/mol. The summed E-state index contributed by atoms with van der Waals surface area (Å²) < 4.78 is 3.54. The summed E-state index contributed by atoms with van der Waals surface area (Å²) in [5.41, 5.74) is 1.78. The molecule has 0 radical (unpaired) electrons. The van der Waals surface area contributed by atoms with Crippen molar-refractivity contribution in [2.45, 2.75) is 6.92 Å². The van der Waals surface area contributed by atoms with Gasteiger partial charge in [0.1, 0.15) is 0 Å². The van der Waals surface area contributed by atoms with E-state index in [-0.39, 0.29) is 5.91 Å². The van der Waals surface area contributed by atoms with E-state index in [1.807, 2.05) is 25.1 Å². The summed E-state index contributed by atoms with van der Waals surface area (Å²) in [7, 11) is 0. The second-order valence-corrected chi connectivity index (χ2v) is 8.76. The number of nitrogens with one attached hydrogen (secondary N) is 1. The predicted molar refractivity (Wildman–Crippen MR) is 94.3 cm³/mol. The van der Waals surface area contributed by atoms with Crippen molar-refractivity contribution in [3.63, 3.8) is 0 Å². The molecule has 7 heteroatoms. The van der Waals surface area contributed by atoms with E-state index >= 15 is 0 Å². The predicted octanol–water partition coefficient (Wildman–Crippen LogP) is 6.36. The smallest absolute Gasteiger partial charge is 0.265 e. The largest absolute Gasteiger partial charge is 0.319 e. The first kappa shape index (κ1) is 15.7. The quantitative estimate of drug-likeness (QED) is 0.479.